The molecular weight excluding hydrogens is 340 g/mol. The molecule has 28 heavy (non-hydrogen) atoms. The van der Waals surface area contributed by atoms with Crippen molar-refractivity contribution in [1.82, 2.24) is 0 Å². The van der Waals surface area contributed by atoms with Crippen LogP contribution in [0, 0.1) is 40.4 Å². The maximum atomic E-state index is 12.1. The molecule has 6 unspecified atom stereocenters. The molecule has 0 aromatic rings. The molecule has 0 heterocycles. The topological polar surface area (TPSA) is 17.1 Å². The van der Waals surface area contributed by atoms with Crippen molar-refractivity contribution in [3.05, 3.63) is 35.5 Å². The lowest BCUT2D eigenvalue weighted by Crippen LogP contribution is -2.54. The molecule has 0 spiro atoms. The van der Waals surface area contributed by atoms with Crippen molar-refractivity contribution in [2.24, 2.45) is 40.4 Å². The summed E-state index contributed by atoms with van der Waals surface area (Å²) in [5, 5.41) is 0. The first-order chi connectivity index (χ1) is 13.4. The predicted molar refractivity (Wildman–Crippen MR) is 118 cm³/mol. The van der Waals surface area contributed by atoms with Gasteiger partial charge in [-0.2, -0.15) is 0 Å². The van der Waals surface area contributed by atoms with Gasteiger partial charge in [0.05, 0.1) is 0 Å². The zero-order valence-corrected chi connectivity index (χ0v) is 18.5. The third-order valence-corrected chi connectivity index (χ3v) is 9.08. The molecular formula is C27H40O. The maximum Gasteiger partial charge on any atom is 0.126 e. The molecule has 0 radical (unpaired) electrons. The van der Waals surface area contributed by atoms with E-state index in [0.717, 1.165) is 18.3 Å². The van der Waals surface area contributed by atoms with E-state index in [-0.39, 0.29) is 5.41 Å². The van der Waals surface area contributed by atoms with Gasteiger partial charge in [0, 0.05) is 5.41 Å². The summed E-state index contributed by atoms with van der Waals surface area (Å²) in [5.41, 5.74) is 3.52. The van der Waals surface area contributed by atoms with E-state index in [1.165, 1.54) is 57.7 Å². The number of hydrogen-bond donors (Lipinski definition) is 0. The molecule has 154 valence electrons. The number of rotatable bonds is 4. The number of allylic oxidation sites excluding steroid dienone is 6. The van der Waals surface area contributed by atoms with Crippen LogP contribution in [0.1, 0.15) is 85.5 Å². The molecule has 1 heteroatoms. The Balaban J connectivity index is 1.65. The molecule has 4 aliphatic rings. The van der Waals surface area contributed by atoms with Crippen molar-refractivity contribution >= 4 is 6.29 Å². The van der Waals surface area contributed by atoms with Crippen LogP contribution in [0.5, 0.6) is 0 Å². The highest BCUT2D eigenvalue weighted by atomic mass is 16.1. The van der Waals surface area contributed by atoms with Gasteiger partial charge in [-0.15, -0.1) is 0 Å². The van der Waals surface area contributed by atoms with E-state index in [9.17, 15) is 4.79 Å². The number of hydrogen-bond acceptors (Lipinski definition) is 1. The van der Waals surface area contributed by atoms with Crippen molar-refractivity contribution in [1.29, 1.82) is 0 Å². The Morgan fingerprint density at radius 2 is 2.00 bits per heavy atom. The van der Waals surface area contributed by atoms with Crippen LogP contribution in [-0.4, -0.2) is 6.29 Å². The SMILES string of the molecule is CC(C)C1=CC2CCC3C(C)(C=O)CCCC3(C)C2CC1CC1=CCCC=C1. The average molecular weight is 381 g/mol. The van der Waals surface area contributed by atoms with Gasteiger partial charge >= 0.3 is 0 Å². The Kier molecular flexibility index (Phi) is 5.49. The number of aldehydes is 1. The Morgan fingerprint density at radius 3 is 2.68 bits per heavy atom. The van der Waals surface area contributed by atoms with Crippen LogP contribution < -0.4 is 0 Å². The summed E-state index contributed by atoms with van der Waals surface area (Å²) in [7, 11) is 0. The second-order valence-electron chi connectivity index (χ2n) is 11.1. The molecule has 0 aliphatic heterocycles. The van der Waals surface area contributed by atoms with E-state index in [0.29, 0.717) is 23.2 Å². The zero-order chi connectivity index (χ0) is 19.9. The summed E-state index contributed by atoms with van der Waals surface area (Å²) >= 11 is 0. The minimum Gasteiger partial charge on any atom is -0.303 e. The molecule has 0 saturated heterocycles. The Morgan fingerprint density at radius 1 is 1.18 bits per heavy atom. The van der Waals surface area contributed by atoms with E-state index in [4.69, 9.17) is 0 Å². The van der Waals surface area contributed by atoms with Crippen LogP contribution in [0.3, 0.4) is 0 Å². The Bertz CT molecular complexity index is 695. The van der Waals surface area contributed by atoms with Crippen molar-refractivity contribution in [3.63, 3.8) is 0 Å². The summed E-state index contributed by atoms with van der Waals surface area (Å²) in [6.07, 6.45) is 22.4. The van der Waals surface area contributed by atoms with Crippen LogP contribution in [0.25, 0.3) is 0 Å². The summed E-state index contributed by atoms with van der Waals surface area (Å²) in [6, 6.07) is 0. The third-order valence-electron chi connectivity index (χ3n) is 9.08. The largest absolute Gasteiger partial charge is 0.303 e. The van der Waals surface area contributed by atoms with Gasteiger partial charge in [-0.05, 0) is 86.4 Å². The Labute approximate surface area is 172 Å². The zero-order valence-electron chi connectivity index (χ0n) is 18.5. The van der Waals surface area contributed by atoms with Gasteiger partial charge in [-0.1, -0.05) is 69.6 Å². The van der Waals surface area contributed by atoms with E-state index < -0.39 is 0 Å². The molecule has 0 aromatic heterocycles. The maximum absolute atomic E-state index is 12.1. The lowest BCUT2D eigenvalue weighted by Gasteiger charge is -2.60. The second kappa shape index (κ2) is 7.62. The molecule has 4 aliphatic carbocycles. The highest BCUT2D eigenvalue weighted by Crippen LogP contribution is 2.64. The monoisotopic (exact) mass is 380 g/mol. The molecule has 0 aromatic carbocycles. The fourth-order valence-electron chi connectivity index (χ4n) is 7.68. The molecule has 6 atom stereocenters. The second-order valence-corrected chi connectivity index (χ2v) is 11.1. The highest BCUT2D eigenvalue weighted by molar-refractivity contribution is 5.60. The number of fused-ring (bicyclic) bond motifs is 3. The van der Waals surface area contributed by atoms with Gasteiger partial charge in [-0.25, -0.2) is 0 Å². The van der Waals surface area contributed by atoms with E-state index >= 15 is 0 Å². The fraction of sp³-hybridized carbons (Fsp3) is 0.741. The van der Waals surface area contributed by atoms with Crippen molar-refractivity contribution in [3.8, 4) is 0 Å². The van der Waals surface area contributed by atoms with Gasteiger partial charge in [-0.3, -0.25) is 0 Å². The van der Waals surface area contributed by atoms with E-state index in [2.05, 4.69) is 52.0 Å². The van der Waals surface area contributed by atoms with Gasteiger partial charge < -0.3 is 4.79 Å². The molecule has 0 N–H and O–H groups in total. The van der Waals surface area contributed by atoms with Crippen molar-refractivity contribution in [2.45, 2.75) is 85.5 Å². The van der Waals surface area contributed by atoms with E-state index in [1.54, 1.807) is 11.1 Å². The van der Waals surface area contributed by atoms with Crippen molar-refractivity contribution in [2.75, 3.05) is 0 Å². The van der Waals surface area contributed by atoms with E-state index in [1.807, 2.05) is 0 Å². The van der Waals surface area contributed by atoms with Crippen LogP contribution >= 0.6 is 0 Å². The van der Waals surface area contributed by atoms with Gasteiger partial charge in [0.25, 0.3) is 0 Å². The quantitative estimate of drug-likeness (QED) is 0.369. The first-order valence-electron chi connectivity index (χ1n) is 11.9. The molecule has 4 rings (SSSR count). The average Bonchev–Trinajstić information content (AvgIpc) is 2.68. The third kappa shape index (κ3) is 3.37. The van der Waals surface area contributed by atoms with Crippen LogP contribution in [0.2, 0.25) is 0 Å². The molecule has 0 amide bonds. The number of carbonyl (C=O) groups excluding carboxylic acids is 1. The minimum atomic E-state index is -0.0931. The van der Waals surface area contributed by atoms with Crippen LogP contribution in [-0.2, 0) is 4.79 Å². The summed E-state index contributed by atoms with van der Waals surface area (Å²) in [5.74, 6) is 3.41. The first kappa shape index (κ1) is 20.2. The minimum absolute atomic E-state index is 0.0931. The van der Waals surface area contributed by atoms with Gasteiger partial charge in [0.15, 0.2) is 0 Å². The smallest absolute Gasteiger partial charge is 0.126 e. The van der Waals surface area contributed by atoms with Gasteiger partial charge in [0.1, 0.15) is 6.29 Å². The summed E-state index contributed by atoms with van der Waals surface area (Å²) < 4.78 is 0. The standard InChI is InChI=1S/C27H40O/c1-19(2)23-16-21-11-12-25-26(3,18-28)13-8-14-27(25,4)24(21)17-22(23)15-20-9-6-5-7-10-20/h6,9-10,16,18-19,21-22,24-25H,5,7-8,11-15,17H2,1-4H3. The molecule has 0 bridgehead atoms. The normalized spacial score (nSPS) is 43.0. The summed E-state index contributed by atoms with van der Waals surface area (Å²) in [6.45, 7) is 9.60. The predicted octanol–water partition coefficient (Wildman–Crippen LogP) is 7.29. The Hall–Kier alpha value is -1.11. The van der Waals surface area contributed by atoms with Gasteiger partial charge in [0.2, 0.25) is 0 Å². The molecule has 2 saturated carbocycles. The lowest BCUT2D eigenvalue weighted by molar-refractivity contribution is -0.138. The molecule has 2 fully saturated rings. The summed E-state index contributed by atoms with van der Waals surface area (Å²) in [4.78, 5) is 12.1. The first-order valence-corrected chi connectivity index (χ1v) is 11.9. The van der Waals surface area contributed by atoms with Crippen LogP contribution in [0.15, 0.2) is 35.5 Å². The van der Waals surface area contributed by atoms with Crippen molar-refractivity contribution < 1.29 is 4.79 Å². The molecule has 1 nitrogen and oxygen atoms in total. The fourth-order valence-corrected chi connectivity index (χ4v) is 7.68. The lowest BCUT2D eigenvalue weighted by atomic mass is 9.44. The van der Waals surface area contributed by atoms with Crippen LogP contribution in [0.4, 0.5) is 0 Å². The number of carbonyl (C=O) groups is 1. The highest BCUT2D eigenvalue weighted by Gasteiger charge is 2.56.